The van der Waals surface area contributed by atoms with E-state index in [1.165, 1.54) is 29.9 Å². The Morgan fingerprint density at radius 2 is 1.87 bits per heavy atom. The first-order valence-electron chi connectivity index (χ1n) is 12.4. The molecule has 0 amide bonds. The molecule has 1 aliphatic heterocycles. The van der Waals surface area contributed by atoms with Gasteiger partial charge in [-0.05, 0) is 37.3 Å². The third-order valence-electron chi connectivity index (χ3n) is 6.58. The maximum absolute atomic E-state index is 13.7. The first-order chi connectivity index (χ1) is 18.4. The van der Waals surface area contributed by atoms with Gasteiger partial charge in [0, 0.05) is 49.9 Å². The summed E-state index contributed by atoms with van der Waals surface area (Å²) >= 11 is 0. The molecule has 2 aromatic carbocycles. The Labute approximate surface area is 230 Å². The smallest absolute Gasteiger partial charge is 0.261 e. The molecule has 0 bridgehead atoms. The predicted octanol–water partition coefficient (Wildman–Crippen LogP) is 1.91. The van der Waals surface area contributed by atoms with Crippen molar-refractivity contribution in [3.05, 3.63) is 72.2 Å². The van der Waals surface area contributed by atoms with Crippen LogP contribution in [0.2, 0.25) is 0 Å². The second kappa shape index (κ2) is 11.5. The van der Waals surface area contributed by atoms with Crippen LogP contribution in [-0.4, -0.2) is 79.0 Å². The molecule has 2 heterocycles. The van der Waals surface area contributed by atoms with Crippen molar-refractivity contribution < 1.29 is 26.7 Å². The van der Waals surface area contributed by atoms with Gasteiger partial charge in [-0.25, -0.2) is 21.8 Å². The number of aliphatic hydroxyl groups is 1. The first-order valence-corrected chi connectivity index (χ1v) is 15.3. The fourth-order valence-electron chi connectivity index (χ4n) is 4.22. The molecule has 12 heteroatoms. The Kier molecular flexibility index (Phi) is 8.48. The monoisotopic (exact) mass is 572 g/mol. The lowest BCUT2D eigenvalue weighted by molar-refractivity contribution is 0.0904. The fourth-order valence-corrected chi connectivity index (χ4v) is 7.19. The van der Waals surface area contributed by atoms with Crippen molar-refractivity contribution in [2.24, 2.45) is 13.0 Å². The average molecular weight is 573 g/mol. The predicted molar refractivity (Wildman–Crippen MR) is 146 cm³/mol. The lowest BCUT2D eigenvalue weighted by atomic mass is 10.0. The Balaban J connectivity index is 1.74. The summed E-state index contributed by atoms with van der Waals surface area (Å²) in [6.07, 6.45) is 2.11. The fraction of sp³-hybridized carbons (Fsp3) is 0.370. The van der Waals surface area contributed by atoms with Crippen LogP contribution in [0.15, 0.2) is 71.0 Å². The van der Waals surface area contributed by atoms with Crippen molar-refractivity contribution in [3.63, 3.8) is 0 Å². The highest BCUT2D eigenvalue weighted by Crippen LogP contribution is 2.34. The van der Waals surface area contributed by atoms with Crippen LogP contribution in [0, 0.1) is 17.8 Å². The van der Waals surface area contributed by atoms with Gasteiger partial charge in [0.15, 0.2) is 5.03 Å². The number of imidazole rings is 1. The van der Waals surface area contributed by atoms with Gasteiger partial charge in [0.2, 0.25) is 10.0 Å². The van der Waals surface area contributed by atoms with Gasteiger partial charge < -0.3 is 14.4 Å². The lowest BCUT2D eigenvalue weighted by Crippen LogP contribution is -2.50. The van der Waals surface area contributed by atoms with Crippen molar-refractivity contribution >= 4 is 20.0 Å². The molecule has 3 atom stereocenters. The van der Waals surface area contributed by atoms with Crippen molar-refractivity contribution in [1.82, 2.24) is 18.2 Å². The average Bonchev–Trinajstić information content (AvgIpc) is 3.36. The molecule has 4 rings (SSSR count). The zero-order chi connectivity index (χ0) is 28.4. The van der Waals surface area contributed by atoms with Crippen LogP contribution in [0.5, 0.6) is 5.75 Å². The van der Waals surface area contributed by atoms with Gasteiger partial charge in [-0.2, -0.15) is 8.61 Å². The molecule has 3 aromatic rings. The number of ether oxygens (including phenoxy) is 1. The van der Waals surface area contributed by atoms with E-state index in [1.807, 2.05) is 30.3 Å². The summed E-state index contributed by atoms with van der Waals surface area (Å²) in [5.41, 5.74) is 1.34. The molecule has 1 aliphatic rings. The van der Waals surface area contributed by atoms with Gasteiger partial charge in [0.1, 0.15) is 16.7 Å². The summed E-state index contributed by atoms with van der Waals surface area (Å²) in [6, 6.07) is 13.3. The second-order valence-corrected chi connectivity index (χ2v) is 13.5. The van der Waals surface area contributed by atoms with Crippen molar-refractivity contribution in [2.75, 3.05) is 26.7 Å². The molecule has 0 saturated carbocycles. The van der Waals surface area contributed by atoms with E-state index in [-0.39, 0.29) is 35.4 Å². The van der Waals surface area contributed by atoms with Crippen LogP contribution in [0.4, 0.5) is 0 Å². The van der Waals surface area contributed by atoms with Crippen LogP contribution >= 0.6 is 0 Å². The molecule has 10 nitrogen and oxygen atoms in total. The zero-order valence-corrected chi connectivity index (χ0v) is 23.9. The number of benzene rings is 2. The van der Waals surface area contributed by atoms with E-state index in [1.54, 1.807) is 37.6 Å². The van der Waals surface area contributed by atoms with E-state index in [2.05, 4.69) is 16.8 Å². The zero-order valence-electron chi connectivity index (χ0n) is 22.2. The third kappa shape index (κ3) is 6.18. The Hall–Kier alpha value is -3.21. The number of hydrogen-bond acceptors (Lipinski definition) is 7. The quantitative estimate of drug-likeness (QED) is 0.448. The molecule has 39 heavy (non-hydrogen) atoms. The maximum atomic E-state index is 13.7. The van der Waals surface area contributed by atoms with Crippen LogP contribution in [0.3, 0.4) is 0 Å². The number of rotatable bonds is 6. The molecule has 208 valence electrons. The standard InChI is InChI=1S/C27H32N4O6S2/c1-20-15-31(21(2)18-32)38(33,34)26-13-12-23(11-10-22-8-6-5-7-9-22)14-24(26)37-25(20)16-30(4)39(35,36)27-17-29(3)19-28-27/h5-9,12-14,17,19-21,25,32H,15-16,18H2,1-4H3/t20-,21+,25-/m0/s1. The second-order valence-electron chi connectivity index (χ2n) is 9.68. The Bertz CT molecular complexity index is 1590. The Morgan fingerprint density at radius 3 is 2.51 bits per heavy atom. The molecule has 0 fully saturated rings. The van der Waals surface area contributed by atoms with E-state index in [0.29, 0.717) is 5.56 Å². The number of aryl methyl sites for hydroxylation is 1. The molecular formula is C27H32N4O6S2. The highest BCUT2D eigenvalue weighted by molar-refractivity contribution is 7.89. The summed E-state index contributed by atoms with van der Waals surface area (Å²) < 4.78 is 63.9. The number of aromatic nitrogens is 2. The largest absolute Gasteiger partial charge is 0.487 e. The van der Waals surface area contributed by atoms with E-state index in [4.69, 9.17) is 4.74 Å². The highest BCUT2D eigenvalue weighted by Gasteiger charge is 2.39. The molecule has 1 N–H and O–H groups in total. The van der Waals surface area contributed by atoms with Gasteiger partial charge in [-0.1, -0.05) is 37.0 Å². The van der Waals surface area contributed by atoms with Crippen LogP contribution in [0.25, 0.3) is 0 Å². The van der Waals surface area contributed by atoms with Crippen LogP contribution < -0.4 is 4.74 Å². The van der Waals surface area contributed by atoms with Gasteiger partial charge in [-0.15, -0.1) is 0 Å². The number of fused-ring (bicyclic) bond motifs is 1. The third-order valence-corrected chi connectivity index (χ3v) is 10.3. The van der Waals surface area contributed by atoms with Gasteiger partial charge in [0.05, 0.1) is 19.5 Å². The van der Waals surface area contributed by atoms with E-state index >= 15 is 0 Å². The van der Waals surface area contributed by atoms with E-state index in [9.17, 15) is 21.9 Å². The summed E-state index contributed by atoms with van der Waals surface area (Å²) in [7, 11) is -4.84. The summed E-state index contributed by atoms with van der Waals surface area (Å²) in [6.45, 7) is 3.02. The molecule has 1 aromatic heterocycles. The van der Waals surface area contributed by atoms with Crippen LogP contribution in [-0.2, 0) is 27.1 Å². The van der Waals surface area contributed by atoms with Crippen LogP contribution in [0.1, 0.15) is 25.0 Å². The van der Waals surface area contributed by atoms with E-state index in [0.717, 1.165) is 9.87 Å². The van der Waals surface area contributed by atoms with Crippen molar-refractivity contribution in [2.45, 2.75) is 35.9 Å². The topological polar surface area (TPSA) is 122 Å². The molecule has 0 saturated heterocycles. The number of hydrogen-bond donors (Lipinski definition) is 1. The van der Waals surface area contributed by atoms with Gasteiger partial charge >= 0.3 is 0 Å². The Morgan fingerprint density at radius 1 is 1.18 bits per heavy atom. The summed E-state index contributed by atoms with van der Waals surface area (Å²) in [4.78, 5) is 3.91. The minimum atomic E-state index is -4.04. The maximum Gasteiger partial charge on any atom is 0.261 e. The highest BCUT2D eigenvalue weighted by atomic mass is 32.2. The summed E-state index contributed by atoms with van der Waals surface area (Å²) in [5, 5.41) is 9.74. The lowest BCUT2D eigenvalue weighted by Gasteiger charge is -2.37. The van der Waals surface area contributed by atoms with Gasteiger partial charge in [-0.3, -0.25) is 0 Å². The van der Waals surface area contributed by atoms with Crippen molar-refractivity contribution in [1.29, 1.82) is 0 Å². The normalized spacial score (nSPS) is 20.2. The molecule has 0 radical (unpaired) electrons. The number of aliphatic hydroxyl groups excluding tert-OH is 1. The first kappa shape index (κ1) is 28.8. The number of likely N-dealkylation sites (N-methyl/N-ethyl adjacent to an activating group) is 1. The number of sulfonamides is 2. The summed E-state index contributed by atoms with van der Waals surface area (Å²) in [5.74, 6) is 5.73. The minimum Gasteiger partial charge on any atom is -0.487 e. The number of nitrogens with zero attached hydrogens (tertiary/aromatic N) is 4. The SMILES string of the molecule is C[C@H](CO)N1C[C@H](C)[C@H](CN(C)S(=O)(=O)c2cn(C)cn2)Oc2cc(C#Cc3ccccc3)ccc2S1(=O)=O. The molecule has 0 aliphatic carbocycles. The van der Waals surface area contributed by atoms with E-state index < -0.39 is 38.1 Å². The minimum absolute atomic E-state index is 0.0290. The molecule has 0 spiro atoms. The molecular weight excluding hydrogens is 540 g/mol. The molecule has 0 unspecified atom stereocenters. The van der Waals surface area contributed by atoms with Gasteiger partial charge in [0.25, 0.3) is 10.0 Å². The van der Waals surface area contributed by atoms with Crippen molar-refractivity contribution in [3.8, 4) is 17.6 Å².